The molecule has 130 valence electrons. The maximum atomic E-state index is 13.0. The average Bonchev–Trinajstić information content (AvgIpc) is 2.86. The van der Waals surface area contributed by atoms with Crippen LogP contribution >= 0.6 is 0 Å². The Morgan fingerprint density at radius 1 is 1.09 bits per heavy atom. The molecule has 8 atom stereocenters. The maximum Gasteiger partial charge on any atom is 0.136 e. The number of hydrogen-bond donors (Lipinski definition) is 3. The van der Waals surface area contributed by atoms with Crippen molar-refractivity contribution in [1.82, 2.24) is 0 Å². The van der Waals surface area contributed by atoms with Crippen molar-refractivity contribution in [2.24, 2.45) is 34.5 Å². The van der Waals surface area contributed by atoms with Crippen molar-refractivity contribution in [2.75, 3.05) is 6.61 Å². The minimum Gasteiger partial charge on any atom is -0.396 e. The zero-order valence-corrected chi connectivity index (χ0v) is 14.1. The molecule has 4 aliphatic carbocycles. The van der Waals surface area contributed by atoms with Gasteiger partial charge in [0, 0.05) is 18.9 Å². The molecule has 0 spiro atoms. The lowest BCUT2D eigenvalue weighted by Crippen LogP contribution is -2.57. The van der Waals surface area contributed by atoms with Crippen molar-refractivity contribution in [3.8, 4) is 0 Å². The summed E-state index contributed by atoms with van der Waals surface area (Å²) in [5.74, 6) is 1.19. The summed E-state index contributed by atoms with van der Waals surface area (Å²) in [6.45, 7) is 2.44. The zero-order valence-electron chi connectivity index (χ0n) is 14.1. The third-order valence-corrected chi connectivity index (χ3v) is 8.26. The summed E-state index contributed by atoms with van der Waals surface area (Å²) in [4.78, 5) is 13.0. The van der Waals surface area contributed by atoms with Crippen molar-refractivity contribution >= 4 is 5.78 Å². The Labute approximate surface area is 138 Å². The van der Waals surface area contributed by atoms with Crippen LogP contribution in [-0.4, -0.2) is 39.9 Å². The summed E-state index contributed by atoms with van der Waals surface area (Å²) < 4.78 is 0. The minimum absolute atomic E-state index is 0.0181. The normalized spacial score (nSPS) is 55.9. The molecule has 23 heavy (non-hydrogen) atoms. The number of ketones is 1. The molecule has 0 saturated heterocycles. The first-order valence-corrected chi connectivity index (χ1v) is 9.39. The van der Waals surface area contributed by atoms with Crippen LogP contribution in [0.2, 0.25) is 0 Å². The number of hydrogen-bond acceptors (Lipinski definition) is 4. The van der Waals surface area contributed by atoms with Gasteiger partial charge in [-0.05, 0) is 73.5 Å². The quantitative estimate of drug-likeness (QED) is 0.689. The maximum absolute atomic E-state index is 13.0. The molecule has 4 aliphatic rings. The van der Waals surface area contributed by atoms with Crippen LogP contribution in [0.15, 0.2) is 0 Å². The van der Waals surface area contributed by atoms with E-state index in [4.69, 9.17) is 0 Å². The lowest BCUT2D eigenvalue weighted by molar-refractivity contribution is -0.161. The monoisotopic (exact) mass is 322 g/mol. The van der Waals surface area contributed by atoms with Crippen molar-refractivity contribution in [2.45, 2.75) is 70.5 Å². The van der Waals surface area contributed by atoms with E-state index in [0.29, 0.717) is 36.9 Å². The number of carbonyl (C=O) groups is 1. The molecule has 0 amide bonds. The lowest BCUT2D eigenvalue weighted by atomic mass is 9.45. The van der Waals surface area contributed by atoms with E-state index in [1.165, 1.54) is 0 Å². The van der Waals surface area contributed by atoms with Gasteiger partial charge in [-0.2, -0.15) is 0 Å². The minimum atomic E-state index is -0.364. The molecule has 3 N–H and O–H groups in total. The number of aliphatic hydroxyl groups is 3. The fourth-order valence-electron chi connectivity index (χ4n) is 7.00. The summed E-state index contributed by atoms with van der Waals surface area (Å²) in [6, 6.07) is 0. The highest BCUT2D eigenvalue weighted by Gasteiger charge is 2.62. The first-order chi connectivity index (χ1) is 10.9. The molecule has 4 fully saturated rings. The largest absolute Gasteiger partial charge is 0.396 e. The summed E-state index contributed by atoms with van der Waals surface area (Å²) in [5, 5.41) is 30.3. The van der Waals surface area contributed by atoms with Gasteiger partial charge in [-0.3, -0.25) is 4.79 Å². The molecule has 0 heterocycles. The molecule has 0 aromatic carbocycles. The number of Topliss-reactive ketones (excluding diaryl/α,β-unsaturated/α-hetero) is 1. The Morgan fingerprint density at radius 3 is 2.61 bits per heavy atom. The Kier molecular flexibility index (Phi) is 3.68. The molecule has 4 saturated carbocycles. The number of carbonyl (C=O) groups excluding carboxylic acids is 1. The van der Waals surface area contributed by atoms with E-state index in [-0.39, 0.29) is 41.5 Å². The third-order valence-electron chi connectivity index (χ3n) is 8.26. The Bertz CT molecular complexity index is 506. The first-order valence-electron chi connectivity index (χ1n) is 9.39. The molecular formula is C19H30O4. The van der Waals surface area contributed by atoms with Crippen molar-refractivity contribution < 1.29 is 20.1 Å². The smallest absolute Gasteiger partial charge is 0.136 e. The highest BCUT2D eigenvalue weighted by Crippen LogP contribution is 2.65. The number of fused-ring (bicyclic) bond motifs is 5. The Balaban J connectivity index is 1.69. The Hall–Kier alpha value is -0.450. The van der Waals surface area contributed by atoms with Gasteiger partial charge in [0.1, 0.15) is 5.78 Å². The predicted octanol–water partition coefficient (Wildman–Crippen LogP) is 1.90. The van der Waals surface area contributed by atoms with Gasteiger partial charge in [-0.25, -0.2) is 0 Å². The van der Waals surface area contributed by atoms with E-state index in [1.807, 2.05) is 0 Å². The first kappa shape index (κ1) is 16.0. The predicted molar refractivity (Wildman–Crippen MR) is 85.5 cm³/mol. The molecule has 0 aromatic rings. The van der Waals surface area contributed by atoms with Gasteiger partial charge in [-0.1, -0.05) is 6.92 Å². The van der Waals surface area contributed by atoms with Gasteiger partial charge < -0.3 is 15.3 Å². The molecule has 4 heteroatoms. The van der Waals surface area contributed by atoms with Crippen LogP contribution in [0.5, 0.6) is 0 Å². The molecule has 4 rings (SSSR count). The van der Waals surface area contributed by atoms with Crippen molar-refractivity contribution in [1.29, 1.82) is 0 Å². The Morgan fingerprint density at radius 2 is 1.87 bits per heavy atom. The SMILES string of the molecule is C[C@]12CC[C@H](O)C[C@@H]1CC(=O)[C@H]1[C@H]2CC[C@]2(CO)C[C@H](O)C[C@@H]12. The highest BCUT2D eigenvalue weighted by molar-refractivity contribution is 5.83. The summed E-state index contributed by atoms with van der Waals surface area (Å²) in [5.41, 5.74) is -0.0828. The van der Waals surface area contributed by atoms with Crippen molar-refractivity contribution in [3.05, 3.63) is 0 Å². The van der Waals surface area contributed by atoms with Gasteiger partial charge in [0.25, 0.3) is 0 Å². The van der Waals surface area contributed by atoms with Gasteiger partial charge in [0.05, 0.1) is 12.2 Å². The lowest BCUT2D eigenvalue weighted by Gasteiger charge is -2.59. The van der Waals surface area contributed by atoms with E-state index < -0.39 is 0 Å². The van der Waals surface area contributed by atoms with Crippen LogP contribution in [0.4, 0.5) is 0 Å². The summed E-state index contributed by atoms with van der Waals surface area (Å²) in [7, 11) is 0. The second kappa shape index (κ2) is 5.27. The fraction of sp³-hybridized carbons (Fsp3) is 0.947. The van der Waals surface area contributed by atoms with E-state index in [9.17, 15) is 20.1 Å². The molecule has 0 radical (unpaired) electrons. The summed E-state index contributed by atoms with van der Waals surface area (Å²) >= 11 is 0. The average molecular weight is 322 g/mol. The van der Waals surface area contributed by atoms with Crippen LogP contribution < -0.4 is 0 Å². The van der Waals surface area contributed by atoms with Crippen molar-refractivity contribution in [3.63, 3.8) is 0 Å². The van der Waals surface area contributed by atoms with Gasteiger partial charge in [0.15, 0.2) is 0 Å². The van der Waals surface area contributed by atoms with Gasteiger partial charge >= 0.3 is 0 Å². The van der Waals surface area contributed by atoms with E-state index >= 15 is 0 Å². The topological polar surface area (TPSA) is 77.8 Å². The van der Waals surface area contributed by atoms with Crippen LogP contribution in [0.3, 0.4) is 0 Å². The molecule has 0 aromatic heterocycles. The van der Waals surface area contributed by atoms with Gasteiger partial charge in [-0.15, -0.1) is 0 Å². The van der Waals surface area contributed by atoms with E-state index in [1.54, 1.807) is 0 Å². The highest BCUT2D eigenvalue weighted by atomic mass is 16.3. The van der Waals surface area contributed by atoms with Crippen LogP contribution in [0, 0.1) is 34.5 Å². The van der Waals surface area contributed by atoms with Gasteiger partial charge in [0.2, 0.25) is 0 Å². The standard InChI is InChI=1S/C19H30O4/c1-18-4-2-12(21)6-11(18)7-16(23)17-14(18)3-5-19(10-20)9-13(22)8-15(17)19/h11-15,17,20-22H,2-10H2,1H3/t11-,12+,13-,14-,15+,17+,18+,19-/m1/s1. The number of rotatable bonds is 1. The fourth-order valence-corrected chi connectivity index (χ4v) is 7.00. The molecule has 4 nitrogen and oxygen atoms in total. The molecule has 0 bridgehead atoms. The molecular weight excluding hydrogens is 292 g/mol. The van der Waals surface area contributed by atoms with Crippen LogP contribution in [0.25, 0.3) is 0 Å². The third kappa shape index (κ3) is 2.17. The summed E-state index contributed by atoms with van der Waals surface area (Å²) in [6.07, 6.45) is 5.86. The van der Waals surface area contributed by atoms with Crippen LogP contribution in [-0.2, 0) is 4.79 Å². The zero-order chi connectivity index (χ0) is 16.4. The second-order valence-corrected chi connectivity index (χ2v) is 9.19. The number of aliphatic hydroxyl groups excluding tert-OH is 3. The van der Waals surface area contributed by atoms with Crippen LogP contribution in [0.1, 0.15) is 58.3 Å². The molecule has 0 aliphatic heterocycles. The second-order valence-electron chi connectivity index (χ2n) is 9.19. The molecule has 0 unspecified atom stereocenters. The van der Waals surface area contributed by atoms with E-state index in [0.717, 1.165) is 32.1 Å². The van der Waals surface area contributed by atoms with E-state index in [2.05, 4.69) is 6.92 Å².